The summed E-state index contributed by atoms with van der Waals surface area (Å²) in [5, 5.41) is 8.98. The number of benzene rings is 1. The Bertz CT molecular complexity index is 604. The summed E-state index contributed by atoms with van der Waals surface area (Å²) >= 11 is 0. The smallest absolute Gasteiger partial charge is 0.337 e. The van der Waals surface area contributed by atoms with Crippen LogP contribution in [0.2, 0.25) is 0 Å². The average Bonchev–Trinajstić information content (AvgIpc) is 2.55. The normalized spacial score (nSPS) is 11.6. The van der Waals surface area contributed by atoms with E-state index in [1.54, 1.807) is 12.1 Å². The lowest BCUT2D eigenvalue weighted by atomic mass is 10.1. The third kappa shape index (κ3) is 8.19. The highest BCUT2D eigenvalue weighted by Crippen LogP contribution is 2.06. The van der Waals surface area contributed by atoms with Gasteiger partial charge >= 0.3 is 5.97 Å². The topological polar surface area (TPSA) is 91.8 Å². The van der Waals surface area contributed by atoms with E-state index in [0.717, 1.165) is 5.56 Å². The van der Waals surface area contributed by atoms with Gasteiger partial charge in [0.25, 0.3) is 0 Å². The van der Waals surface area contributed by atoms with Crippen molar-refractivity contribution in [3.63, 3.8) is 0 Å². The lowest BCUT2D eigenvalue weighted by Crippen LogP contribution is -2.48. The van der Waals surface area contributed by atoms with Crippen LogP contribution in [0.15, 0.2) is 29.3 Å². The number of esters is 1. The number of guanidine groups is 1. The molecule has 1 aromatic carbocycles. The largest absolute Gasteiger partial charge is 0.465 e. The maximum atomic E-state index is 11.9. The Hall–Kier alpha value is -2.57. The lowest BCUT2D eigenvalue weighted by molar-refractivity contribution is -0.121. The van der Waals surface area contributed by atoms with E-state index in [9.17, 15) is 9.59 Å². The maximum absolute atomic E-state index is 11.9. The van der Waals surface area contributed by atoms with E-state index in [-0.39, 0.29) is 24.0 Å². The van der Waals surface area contributed by atoms with Crippen LogP contribution >= 0.6 is 0 Å². The van der Waals surface area contributed by atoms with E-state index >= 15 is 0 Å². The van der Waals surface area contributed by atoms with Gasteiger partial charge < -0.3 is 20.7 Å². The molecule has 7 nitrogen and oxygen atoms in total. The van der Waals surface area contributed by atoms with Gasteiger partial charge in [-0.1, -0.05) is 12.1 Å². The van der Waals surface area contributed by atoms with Crippen molar-refractivity contribution >= 4 is 17.8 Å². The third-order valence-electron chi connectivity index (χ3n) is 3.07. The van der Waals surface area contributed by atoms with E-state index in [2.05, 4.69) is 25.7 Å². The van der Waals surface area contributed by atoms with Crippen LogP contribution in [0.1, 0.15) is 43.6 Å². The molecule has 0 spiro atoms. The van der Waals surface area contributed by atoms with Crippen LogP contribution in [-0.4, -0.2) is 43.6 Å². The molecule has 0 heterocycles. The molecule has 0 radical (unpaired) electrons. The minimum Gasteiger partial charge on any atom is -0.465 e. The average molecular weight is 348 g/mol. The Balaban J connectivity index is 2.63. The Labute approximate surface area is 149 Å². The number of ether oxygens (including phenoxy) is 1. The predicted octanol–water partition coefficient (Wildman–Crippen LogP) is 1.44. The van der Waals surface area contributed by atoms with Crippen molar-refractivity contribution in [2.24, 2.45) is 4.99 Å². The SMILES string of the molecule is CCNC(=NCc1ccc(C(=O)OC)cc1)NCC(=O)NC(C)(C)C. The van der Waals surface area contributed by atoms with Gasteiger partial charge in [0.2, 0.25) is 5.91 Å². The summed E-state index contributed by atoms with van der Waals surface area (Å²) in [5.41, 5.74) is 1.18. The second kappa shape index (κ2) is 9.66. The monoisotopic (exact) mass is 348 g/mol. The fourth-order valence-electron chi connectivity index (χ4n) is 2.00. The standard InChI is InChI=1S/C18H28N4O3/c1-6-19-17(21-12-15(23)22-18(2,3)4)20-11-13-7-9-14(10-8-13)16(24)25-5/h7-10H,6,11-12H2,1-5H3,(H,22,23)(H2,19,20,21). The van der Waals surface area contributed by atoms with Crippen LogP contribution in [0, 0.1) is 0 Å². The molecule has 0 fully saturated rings. The molecule has 1 amide bonds. The van der Waals surface area contributed by atoms with Crippen molar-refractivity contribution in [3.05, 3.63) is 35.4 Å². The molecule has 0 aromatic heterocycles. The molecule has 0 aliphatic rings. The Morgan fingerprint density at radius 1 is 1.12 bits per heavy atom. The summed E-state index contributed by atoms with van der Waals surface area (Å²) in [5.74, 6) is 0.0963. The molecular formula is C18H28N4O3. The number of methoxy groups -OCH3 is 1. The molecule has 1 aromatic rings. The van der Waals surface area contributed by atoms with Gasteiger partial charge in [0.05, 0.1) is 25.8 Å². The van der Waals surface area contributed by atoms with Gasteiger partial charge in [0.1, 0.15) is 0 Å². The predicted molar refractivity (Wildman–Crippen MR) is 98.5 cm³/mol. The Kier molecular flexibility index (Phi) is 7.91. The second-order valence-electron chi connectivity index (χ2n) is 6.54. The van der Waals surface area contributed by atoms with E-state index in [1.807, 2.05) is 39.8 Å². The molecule has 1 rings (SSSR count). The van der Waals surface area contributed by atoms with Crippen LogP contribution in [0.3, 0.4) is 0 Å². The number of hydrogen-bond acceptors (Lipinski definition) is 4. The highest BCUT2D eigenvalue weighted by Gasteiger charge is 2.13. The maximum Gasteiger partial charge on any atom is 0.337 e. The molecule has 0 saturated carbocycles. The molecule has 0 aliphatic carbocycles. The molecule has 0 aliphatic heterocycles. The van der Waals surface area contributed by atoms with Crippen molar-refractivity contribution < 1.29 is 14.3 Å². The van der Waals surface area contributed by atoms with E-state index in [0.29, 0.717) is 24.6 Å². The summed E-state index contributed by atoms with van der Waals surface area (Å²) < 4.78 is 4.67. The number of aliphatic imine (C=N–C) groups is 1. The number of carbonyl (C=O) groups is 2. The number of nitrogens with zero attached hydrogens (tertiary/aromatic N) is 1. The van der Waals surface area contributed by atoms with Gasteiger partial charge in [0, 0.05) is 12.1 Å². The van der Waals surface area contributed by atoms with Gasteiger partial charge in [-0.05, 0) is 45.4 Å². The molecule has 138 valence electrons. The van der Waals surface area contributed by atoms with Gasteiger partial charge in [-0.3, -0.25) is 4.79 Å². The van der Waals surface area contributed by atoms with Crippen LogP contribution in [0.5, 0.6) is 0 Å². The molecule has 0 bridgehead atoms. The van der Waals surface area contributed by atoms with Crippen molar-refractivity contribution in [1.29, 1.82) is 0 Å². The van der Waals surface area contributed by atoms with Gasteiger partial charge in [-0.25, -0.2) is 9.79 Å². The number of nitrogens with one attached hydrogen (secondary N) is 3. The molecule has 0 atom stereocenters. The van der Waals surface area contributed by atoms with Crippen LogP contribution < -0.4 is 16.0 Å². The second-order valence-corrected chi connectivity index (χ2v) is 6.54. The zero-order valence-corrected chi connectivity index (χ0v) is 15.6. The first kappa shape index (κ1) is 20.5. The fourth-order valence-corrected chi connectivity index (χ4v) is 2.00. The molecule has 0 unspecified atom stereocenters. The first-order valence-electron chi connectivity index (χ1n) is 8.25. The summed E-state index contributed by atoms with van der Waals surface area (Å²) in [6.45, 7) is 9.01. The zero-order valence-electron chi connectivity index (χ0n) is 15.6. The van der Waals surface area contributed by atoms with Gasteiger partial charge in [-0.15, -0.1) is 0 Å². The highest BCUT2D eigenvalue weighted by atomic mass is 16.5. The molecule has 0 saturated heterocycles. The first-order valence-corrected chi connectivity index (χ1v) is 8.25. The summed E-state index contributed by atoms with van der Waals surface area (Å²) in [4.78, 5) is 27.7. The van der Waals surface area contributed by atoms with Crippen LogP contribution in [0.4, 0.5) is 0 Å². The minimum absolute atomic E-state index is 0.0967. The Morgan fingerprint density at radius 3 is 2.28 bits per heavy atom. The fraction of sp³-hybridized carbons (Fsp3) is 0.500. The summed E-state index contributed by atoms with van der Waals surface area (Å²) in [6, 6.07) is 7.05. The van der Waals surface area contributed by atoms with Gasteiger partial charge in [0.15, 0.2) is 5.96 Å². The first-order chi connectivity index (χ1) is 11.7. The van der Waals surface area contributed by atoms with Crippen molar-refractivity contribution in [3.8, 4) is 0 Å². The molecule has 3 N–H and O–H groups in total. The molecule has 25 heavy (non-hydrogen) atoms. The number of rotatable bonds is 6. The number of hydrogen-bond donors (Lipinski definition) is 3. The van der Waals surface area contributed by atoms with Crippen molar-refractivity contribution in [1.82, 2.24) is 16.0 Å². The minimum atomic E-state index is -0.366. The lowest BCUT2D eigenvalue weighted by Gasteiger charge is -2.21. The third-order valence-corrected chi connectivity index (χ3v) is 3.07. The van der Waals surface area contributed by atoms with Crippen LogP contribution in [-0.2, 0) is 16.1 Å². The van der Waals surface area contributed by atoms with E-state index < -0.39 is 0 Å². The van der Waals surface area contributed by atoms with Crippen molar-refractivity contribution in [2.75, 3.05) is 20.2 Å². The van der Waals surface area contributed by atoms with Crippen LogP contribution in [0.25, 0.3) is 0 Å². The number of amides is 1. The zero-order chi connectivity index (χ0) is 18.9. The number of carbonyl (C=O) groups excluding carboxylic acids is 2. The summed E-state index contributed by atoms with van der Waals surface area (Å²) in [6.07, 6.45) is 0. The quantitative estimate of drug-likeness (QED) is 0.411. The van der Waals surface area contributed by atoms with Crippen molar-refractivity contribution in [2.45, 2.75) is 39.8 Å². The van der Waals surface area contributed by atoms with E-state index in [4.69, 9.17) is 0 Å². The molecular weight excluding hydrogens is 320 g/mol. The molecule has 7 heteroatoms. The Morgan fingerprint density at radius 2 is 1.76 bits per heavy atom. The van der Waals surface area contributed by atoms with E-state index in [1.165, 1.54) is 7.11 Å². The van der Waals surface area contributed by atoms with Gasteiger partial charge in [-0.2, -0.15) is 0 Å². The summed E-state index contributed by atoms with van der Waals surface area (Å²) in [7, 11) is 1.35. The highest BCUT2D eigenvalue weighted by molar-refractivity contribution is 5.89.